The van der Waals surface area contributed by atoms with E-state index in [-0.39, 0.29) is 94.8 Å². The van der Waals surface area contributed by atoms with Gasteiger partial charge in [-0.15, -0.1) is 0 Å². The molecule has 3 aliphatic heterocycles. The fraction of sp³-hybridized carbons (Fsp3) is 0.438. The monoisotopic (exact) mass is 685 g/mol. The Morgan fingerprint density at radius 3 is 2.48 bits per heavy atom. The van der Waals surface area contributed by atoms with Crippen LogP contribution in [0.5, 0.6) is 5.75 Å². The molecule has 0 saturated carbocycles. The molecular weight excluding hydrogens is 649 g/mol. The molecule has 0 atom stereocenters. The van der Waals surface area contributed by atoms with Crippen LogP contribution in [-0.4, -0.2) is 90.3 Å². The zero-order valence-electron chi connectivity index (χ0n) is 26.1. The van der Waals surface area contributed by atoms with Crippen molar-refractivity contribution >= 4 is 22.0 Å². The number of nitrogens with zero attached hydrogens (tertiary/aromatic N) is 4. The molecule has 2 N–H and O–H groups in total. The molecule has 2 saturated heterocycles. The molecule has 4 heterocycles. The van der Waals surface area contributed by atoms with E-state index < -0.39 is 50.4 Å². The number of benzene rings is 2. The number of hydrogen-bond acceptors (Lipinski definition) is 10. The summed E-state index contributed by atoms with van der Waals surface area (Å²) in [5.74, 6) is -2.41. The van der Waals surface area contributed by atoms with Crippen LogP contribution in [0.1, 0.15) is 46.7 Å². The van der Waals surface area contributed by atoms with Gasteiger partial charge in [0.2, 0.25) is 15.8 Å². The number of fused-ring (bicyclic) bond motifs is 2. The maximum absolute atomic E-state index is 14.2. The Balaban J connectivity index is 1.21. The van der Waals surface area contributed by atoms with Crippen LogP contribution in [-0.2, 0) is 49.5 Å². The van der Waals surface area contributed by atoms with Crippen LogP contribution in [0.4, 0.5) is 9.18 Å². The third-order valence-corrected chi connectivity index (χ3v) is 10.7. The predicted octanol–water partition coefficient (Wildman–Crippen LogP) is 2.09. The molecule has 48 heavy (non-hydrogen) atoms. The molecule has 1 aromatic heterocycles. The number of nitrogens with one attached hydrogen (secondary N) is 1. The van der Waals surface area contributed by atoms with E-state index in [1.54, 1.807) is 4.90 Å². The molecule has 3 aliphatic rings. The van der Waals surface area contributed by atoms with Crippen LogP contribution in [0, 0.1) is 5.82 Å². The van der Waals surface area contributed by atoms with E-state index in [0.29, 0.717) is 6.42 Å². The Bertz CT molecular complexity index is 1840. The third kappa shape index (κ3) is 6.78. The molecule has 2 fully saturated rings. The molecule has 0 aliphatic carbocycles. The molecule has 2 amide bonds. The van der Waals surface area contributed by atoms with Gasteiger partial charge in [-0.2, -0.15) is 4.31 Å². The Labute approximate surface area is 276 Å². The molecule has 256 valence electrons. The van der Waals surface area contributed by atoms with Gasteiger partial charge >= 0.3 is 6.09 Å². The van der Waals surface area contributed by atoms with E-state index in [2.05, 4.69) is 10.3 Å². The number of piperidine rings is 1. The number of rotatable bonds is 7. The van der Waals surface area contributed by atoms with Gasteiger partial charge in [0.15, 0.2) is 5.69 Å². The highest BCUT2D eigenvalue weighted by molar-refractivity contribution is 7.89. The number of carbonyl (C=O) groups is 2. The van der Waals surface area contributed by atoms with E-state index in [4.69, 9.17) is 14.2 Å². The maximum Gasteiger partial charge on any atom is 0.410 e. The highest BCUT2D eigenvalue weighted by Gasteiger charge is 2.44. The zero-order chi connectivity index (χ0) is 33.9. The van der Waals surface area contributed by atoms with E-state index in [1.807, 2.05) is 30.3 Å². The van der Waals surface area contributed by atoms with Crippen LogP contribution in [0.25, 0.3) is 0 Å². The van der Waals surface area contributed by atoms with Gasteiger partial charge in [-0.25, -0.2) is 22.6 Å². The van der Waals surface area contributed by atoms with Crippen LogP contribution < -0.4 is 10.9 Å². The smallest absolute Gasteiger partial charge is 0.410 e. The highest BCUT2D eigenvalue weighted by Crippen LogP contribution is 2.38. The topological polar surface area (TPSA) is 170 Å². The first-order valence-electron chi connectivity index (χ1n) is 15.7. The van der Waals surface area contributed by atoms with E-state index >= 15 is 0 Å². The number of likely N-dealkylation sites (tertiary alicyclic amines) is 1. The average molecular weight is 686 g/mol. The van der Waals surface area contributed by atoms with Gasteiger partial charge in [-0.1, -0.05) is 36.4 Å². The lowest BCUT2D eigenvalue weighted by Crippen LogP contribution is -2.49. The molecule has 6 rings (SSSR count). The number of halogens is 1. The minimum Gasteiger partial charge on any atom is -0.501 e. The van der Waals surface area contributed by atoms with Crippen molar-refractivity contribution in [3.8, 4) is 5.75 Å². The Morgan fingerprint density at radius 2 is 1.75 bits per heavy atom. The first-order valence-corrected chi connectivity index (χ1v) is 17.1. The molecule has 16 heteroatoms. The van der Waals surface area contributed by atoms with E-state index in [9.17, 15) is 32.3 Å². The SMILES string of the molecule is O=C(NCc1ccc(F)cc1S(=O)(=O)N1CCOCC1)c1nc2n(c(=O)c1O)CCCOC21CCN(C(=O)OCc2ccccc2)CC1. The van der Waals surface area contributed by atoms with Gasteiger partial charge in [-0.05, 0) is 29.7 Å². The summed E-state index contributed by atoms with van der Waals surface area (Å²) in [6.07, 6.45) is 0.470. The standard InChI is InChI=1S/C32H36FN5O9S/c33-24-8-7-23(25(19-24)48(43,44)37-14-17-45-18-15-37)20-34-28(40)26-27(39)29(41)38-11-4-16-47-32(30(38)35-26)9-12-36(13-10-32)31(42)46-21-22-5-2-1-3-6-22/h1-3,5-8,19,39H,4,9-18,20-21H2,(H,34,40). The van der Waals surface area contributed by atoms with Crippen molar-refractivity contribution < 1.29 is 41.7 Å². The maximum atomic E-state index is 14.2. The summed E-state index contributed by atoms with van der Waals surface area (Å²) >= 11 is 0. The first-order chi connectivity index (χ1) is 23.1. The molecular formula is C32H36FN5O9S. The zero-order valence-corrected chi connectivity index (χ0v) is 26.9. The number of aromatic nitrogens is 2. The molecule has 14 nitrogen and oxygen atoms in total. The van der Waals surface area contributed by atoms with Gasteiger partial charge < -0.3 is 29.5 Å². The summed E-state index contributed by atoms with van der Waals surface area (Å²) in [6.45, 7) is 1.28. The largest absolute Gasteiger partial charge is 0.501 e. The van der Waals surface area contributed by atoms with Gasteiger partial charge in [-0.3, -0.25) is 14.2 Å². The van der Waals surface area contributed by atoms with Crippen molar-refractivity contribution in [2.75, 3.05) is 46.0 Å². The number of carbonyl (C=O) groups excluding carboxylic acids is 2. The molecule has 0 unspecified atom stereocenters. The van der Waals surface area contributed by atoms with E-state index in [0.717, 1.165) is 17.7 Å². The van der Waals surface area contributed by atoms with Gasteiger partial charge in [0.1, 0.15) is 23.8 Å². The van der Waals surface area contributed by atoms with Crippen LogP contribution in [0.15, 0.2) is 58.2 Å². The summed E-state index contributed by atoms with van der Waals surface area (Å²) in [7, 11) is -4.12. The van der Waals surface area contributed by atoms with Crippen LogP contribution in [0.2, 0.25) is 0 Å². The van der Waals surface area contributed by atoms with Crippen LogP contribution in [0.3, 0.4) is 0 Å². The summed E-state index contributed by atoms with van der Waals surface area (Å²) in [5, 5.41) is 13.4. The van der Waals surface area contributed by atoms with Gasteiger partial charge in [0.05, 0.1) is 18.1 Å². The number of hydrogen-bond donors (Lipinski definition) is 2. The second kappa shape index (κ2) is 14.0. The lowest BCUT2D eigenvalue weighted by molar-refractivity contribution is -0.0894. The first kappa shape index (κ1) is 33.5. The van der Waals surface area contributed by atoms with Crippen molar-refractivity contribution in [2.45, 2.75) is 49.5 Å². The fourth-order valence-corrected chi connectivity index (χ4v) is 7.78. The Hall–Kier alpha value is -4.38. The summed E-state index contributed by atoms with van der Waals surface area (Å²) in [6, 6.07) is 12.5. The molecule has 2 aromatic carbocycles. The quantitative estimate of drug-likeness (QED) is 0.376. The highest BCUT2D eigenvalue weighted by atomic mass is 32.2. The minimum atomic E-state index is -4.12. The minimum absolute atomic E-state index is 0.0952. The number of ether oxygens (including phenoxy) is 3. The fourth-order valence-electron chi connectivity index (χ4n) is 6.14. The molecule has 3 aromatic rings. The lowest BCUT2D eigenvalue weighted by Gasteiger charge is -2.40. The molecule has 1 spiro atoms. The van der Waals surface area contributed by atoms with E-state index in [1.165, 1.54) is 14.9 Å². The van der Waals surface area contributed by atoms with Gasteiger partial charge in [0.25, 0.3) is 11.5 Å². The normalized spacial score (nSPS) is 18.1. The van der Waals surface area contributed by atoms with Crippen molar-refractivity contribution in [1.29, 1.82) is 0 Å². The lowest BCUT2D eigenvalue weighted by atomic mass is 9.89. The number of amides is 2. The van der Waals surface area contributed by atoms with Crippen molar-refractivity contribution in [3.05, 3.63) is 87.3 Å². The third-order valence-electron chi connectivity index (χ3n) is 8.76. The number of sulfonamides is 1. The number of morpholine rings is 1. The predicted molar refractivity (Wildman–Crippen MR) is 167 cm³/mol. The van der Waals surface area contributed by atoms with Crippen molar-refractivity contribution in [3.63, 3.8) is 0 Å². The number of aromatic hydroxyl groups is 1. The average Bonchev–Trinajstić information content (AvgIpc) is 3.28. The Morgan fingerprint density at radius 1 is 1.02 bits per heavy atom. The molecule has 0 radical (unpaired) electrons. The van der Waals surface area contributed by atoms with Gasteiger partial charge in [0, 0.05) is 58.7 Å². The summed E-state index contributed by atoms with van der Waals surface area (Å²) in [4.78, 5) is 45.4. The summed E-state index contributed by atoms with van der Waals surface area (Å²) < 4.78 is 60.4. The second-order valence-electron chi connectivity index (χ2n) is 11.8. The molecule has 0 bridgehead atoms. The second-order valence-corrected chi connectivity index (χ2v) is 13.7. The Kier molecular flexibility index (Phi) is 9.78. The van der Waals surface area contributed by atoms with Crippen molar-refractivity contribution in [1.82, 2.24) is 24.1 Å². The van der Waals surface area contributed by atoms with Crippen molar-refractivity contribution in [2.24, 2.45) is 0 Å². The van der Waals surface area contributed by atoms with Crippen LogP contribution >= 0.6 is 0 Å². The summed E-state index contributed by atoms with van der Waals surface area (Å²) in [5.41, 5.74) is -1.54.